The number of hydrogen-bond acceptors (Lipinski definition) is 5. The molecule has 1 saturated heterocycles. The van der Waals surface area contributed by atoms with Crippen LogP contribution in [0.25, 0.3) is 22.4 Å². The van der Waals surface area contributed by atoms with Gasteiger partial charge in [0.05, 0.1) is 5.69 Å². The van der Waals surface area contributed by atoms with Crippen molar-refractivity contribution in [1.82, 2.24) is 20.0 Å². The van der Waals surface area contributed by atoms with Crippen molar-refractivity contribution in [3.63, 3.8) is 0 Å². The predicted octanol–water partition coefficient (Wildman–Crippen LogP) is 6.30. The lowest BCUT2D eigenvalue weighted by atomic mass is 10.0. The minimum Gasteiger partial charge on any atom is -0.352 e. The second-order valence-corrected chi connectivity index (χ2v) is 11.2. The van der Waals surface area contributed by atoms with E-state index < -0.39 is 0 Å². The number of carbonyl (C=O) groups is 2. The predicted molar refractivity (Wildman–Crippen MR) is 169 cm³/mol. The van der Waals surface area contributed by atoms with Crippen LogP contribution in [0.15, 0.2) is 91.0 Å². The van der Waals surface area contributed by atoms with Gasteiger partial charge in [-0.25, -0.2) is 0 Å². The van der Waals surface area contributed by atoms with Crippen molar-refractivity contribution in [2.75, 3.05) is 44.2 Å². The van der Waals surface area contributed by atoms with Gasteiger partial charge < -0.3 is 14.7 Å². The van der Waals surface area contributed by atoms with Gasteiger partial charge in [0.25, 0.3) is 5.91 Å². The second kappa shape index (κ2) is 13.6. The highest BCUT2D eigenvalue weighted by atomic mass is 35.5. The van der Waals surface area contributed by atoms with Crippen molar-refractivity contribution < 1.29 is 9.59 Å². The molecule has 1 fully saturated rings. The van der Waals surface area contributed by atoms with Gasteiger partial charge in [0.1, 0.15) is 6.54 Å². The zero-order chi connectivity index (χ0) is 29.5. The van der Waals surface area contributed by atoms with Gasteiger partial charge in [0, 0.05) is 48.9 Å². The number of anilines is 1. The number of halogens is 1. The number of hydrogen-bond donors (Lipinski definition) is 0. The molecule has 1 atom stereocenters. The first kappa shape index (κ1) is 29.3. The number of nitrogens with zero attached hydrogens (tertiary/aromatic N) is 5. The molecule has 0 N–H and O–H groups in total. The van der Waals surface area contributed by atoms with Gasteiger partial charge in [-0.1, -0.05) is 86.5 Å². The van der Waals surface area contributed by atoms with Crippen molar-refractivity contribution in [2.45, 2.75) is 20.3 Å². The fourth-order valence-electron chi connectivity index (χ4n) is 5.06. The molecule has 0 unspecified atom stereocenters. The molecule has 0 bridgehead atoms. The second-order valence-electron chi connectivity index (χ2n) is 10.8. The van der Waals surface area contributed by atoms with Crippen molar-refractivity contribution in [3.8, 4) is 22.4 Å². The maximum absolute atomic E-state index is 13.3. The van der Waals surface area contributed by atoms with Crippen LogP contribution < -0.4 is 4.90 Å². The molecule has 3 aromatic carbocycles. The average molecular weight is 582 g/mol. The van der Waals surface area contributed by atoms with E-state index in [4.69, 9.17) is 11.6 Å². The summed E-state index contributed by atoms with van der Waals surface area (Å²) in [6.07, 6.45) is 0.927. The standard InChI is InChI=1S/C34H36ClN5O2/c1-3-25(2)23-40(34(42)29-13-15-30(35)16-14-29)24-33(41)39-21-19-38(20-22-39)32-18-17-31(36-37-32)28-11-9-27(10-12-28)26-7-5-4-6-8-26/h4-18,25H,3,19-24H2,1-2H3/t25-/m0/s1. The molecule has 1 aromatic heterocycles. The molecule has 2 heterocycles. The molecule has 1 aliphatic heterocycles. The van der Waals surface area contributed by atoms with E-state index in [1.165, 1.54) is 5.56 Å². The summed E-state index contributed by atoms with van der Waals surface area (Å²) in [6, 6.07) is 29.4. The molecule has 0 spiro atoms. The molecule has 7 nitrogen and oxygen atoms in total. The smallest absolute Gasteiger partial charge is 0.254 e. The minimum absolute atomic E-state index is 0.0411. The van der Waals surface area contributed by atoms with E-state index in [1.807, 2.05) is 35.2 Å². The Labute approximate surface area is 252 Å². The lowest BCUT2D eigenvalue weighted by Gasteiger charge is -2.36. The number of rotatable bonds is 9. The molecule has 2 amide bonds. The third-order valence-corrected chi connectivity index (χ3v) is 8.08. The van der Waals surface area contributed by atoms with Gasteiger partial charge in [-0.05, 0) is 53.4 Å². The summed E-state index contributed by atoms with van der Waals surface area (Å²) in [4.78, 5) is 32.2. The van der Waals surface area contributed by atoms with Crippen molar-refractivity contribution in [2.24, 2.45) is 5.92 Å². The van der Waals surface area contributed by atoms with E-state index in [0.717, 1.165) is 29.1 Å². The Morgan fingerprint density at radius 2 is 1.45 bits per heavy atom. The van der Waals surface area contributed by atoms with Gasteiger partial charge in [-0.15, -0.1) is 10.2 Å². The van der Waals surface area contributed by atoms with Crippen LogP contribution in [-0.4, -0.2) is 71.1 Å². The summed E-state index contributed by atoms with van der Waals surface area (Å²) in [5.74, 6) is 0.891. The summed E-state index contributed by atoms with van der Waals surface area (Å²) in [6.45, 7) is 7.21. The Morgan fingerprint density at radius 3 is 2.07 bits per heavy atom. The highest BCUT2D eigenvalue weighted by Crippen LogP contribution is 2.24. The summed E-state index contributed by atoms with van der Waals surface area (Å²) in [7, 11) is 0. The molecule has 0 aliphatic carbocycles. The van der Waals surface area contributed by atoms with Crippen LogP contribution in [0.5, 0.6) is 0 Å². The van der Waals surface area contributed by atoms with Crippen LogP contribution in [0.2, 0.25) is 5.02 Å². The topological polar surface area (TPSA) is 69.6 Å². The minimum atomic E-state index is -0.149. The number of benzene rings is 3. The maximum atomic E-state index is 13.3. The average Bonchev–Trinajstić information content (AvgIpc) is 3.05. The van der Waals surface area contributed by atoms with Crippen LogP contribution in [-0.2, 0) is 4.79 Å². The Bertz CT molecular complexity index is 1470. The van der Waals surface area contributed by atoms with Gasteiger partial charge in [-0.2, -0.15) is 0 Å². The molecule has 216 valence electrons. The van der Waals surface area contributed by atoms with E-state index in [1.54, 1.807) is 29.2 Å². The molecule has 8 heteroatoms. The zero-order valence-corrected chi connectivity index (χ0v) is 24.9. The molecule has 42 heavy (non-hydrogen) atoms. The first-order valence-electron chi connectivity index (χ1n) is 14.5. The number of amides is 2. The van der Waals surface area contributed by atoms with Crippen LogP contribution in [0, 0.1) is 5.92 Å². The van der Waals surface area contributed by atoms with E-state index >= 15 is 0 Å². The SMILES string of the molecule is CC[C@H](C)CN(CC(=O)N1CCN(c2ccc(-c3ccc(-c4ccccc4)cc3)nn2)CC1)C(=O)c1ccc(Cl)cc1. The fraction of sp³-hybridized carbons (Fsp3) is 0.294. The van der Waals surface area contributed by atoms with Crippen molar-refractivity contribution in [1.29, 1.82) is 0 Å². The Hall–Kier alpha value is -4.23. The van der Waals surface area contributed by atoms with Gasteiger partial charge in [0.15, 0.2) is 5.82 Å². The van der Waals surface area contributed by atoms with E-state index in [-0.39, 0.29) is 24.3 Å². The van der Waals surface area contributed by atoms with Crippen LogP contribution in [0.3, 0.4) is 0 Å². The number of carbonyl (C=O) groups excluding carboxylic acids is 2. The zero-order valence-electron chi connectivity index (χ0n) is 24.1. The van der Waals surface area contributed by atoms with E-state index in [9.17, 15) is 9.59 Å². The molecule has 0 radical (unpaired) electrons. The van der Waals surface area contributed by atoms with Gasteiger partial charge in [0.2, 0.25) is 5.91 Å². The molecule has 1 aliphatic rings. The van der Waals surface area contributed by atoms with Crippen LogP contribution in [0.4, 0.5) is 5.82 Å². The van der Waals surface area contributed by atoms with Crippen molar-refractivity contribution in [3.05, 3.63) is 102 Å². The Morgan fingerprint density at radius 1 is 0.810 bits per heavy atom. The third kappa shape index (κ3) is 7.15. The summed E-state index contributed by atoms with van der Waals surface area (Å²) >= 11 is 6.01. The van der Waals surface area contributed by atoms with Gasteiger partial charge >= 0.3 is 0 Å². The van der Waals surface area contributed by atoms with Crippen molar-refractivity contribution >= 4 is 29.2 Å². The quantitative estimate of drug-likeness (QED) is 0.232. The molecule has 0 saturated carbocycles. The third-order valence-electron chi connectivity index (χ3n) is 7.83. The summed E-state index contributed by atoms with van der Waals surface area (Å²) in [5, 5.41) is 9.55. The maximum Gasteiger partial charge on any atom is 0.254 e. The largest absolute Gasteiger partial charge is 0.352 e. The van der Waals surface area contributed by atoms with Crippen LogP contribution >= 0.6 is 11.6 Å². The Kier molecular flexibility index (Phi) is 9.49. The first-order valence-corrected chi connectivity index (χ1v) is 14.9. The lowest BCUT2D eigenvalue weighted by Crippen LogP contribution is -2.52. The lowest BCUT2D eigenvalue weighted by molar-refractivity contribution is -0.132. The highest BCUT2D eigenvalue weighted by Gasteiger charge is 2.26. The monoisotopic (exact) mass is 581 g/mol. The van der Waals surface area contributed by atoms with Gasteiger partial charge in [-0.3, -0.25) is 9.59 Å². The first-order chi connectivity index (χ1) is 20.4. The summed E-state index contributed by atoms with van der Waals surface area (Å²) < 4.78 is 0. The highest BCUT2D eigenvalue weighted by molar-refractivity contribution is 6.30. The summed E-state index contributed by atoms with van der Waals surface area (Å²) in [5.41, 5.74) is 4.71. The van der Waals surface area contributed by atoms with Crippen LogP contribution in [0.1, 0.15) is 30.6 Å². The molecular weight excluding hydrogens is 546 g/mol. The molecular formula is C34H36ClN5O2. The number of piperazine rings is 1. The van der Waals surface area contributed by atoms with E-state index in [0.29, 0.717) is 43.3 Å². The normalized spacial score (nSPS) is 14.0. The fourth-order valence-corrected chi connectivity index (χ4v) is 5.19. The van der Waals surface area contributed by atoms with E-state index in [2.05, 4.69) is 65.3 Å². The number of aromatic nitrogens is 2. The molecule has 4 aromatic rings. The molecule has 5 rings (SSSR count). The Balaban J connectivity index is 1.17.